The summed E-state index contributed by atoms with van der Waals surface area (Å²) in [6.45, 7) is 2.07. The number of pyridine rings is 1. The van der Waals surface area contributed by atoms with E-state index < -0.39 is 5.97 Å². The van der Waals surface area contributed by atoms with Crippen molar-refractivity contribution in [3.63, 3.8) is 0 Å². The maximum Gasteiger partial charge on any atom is 0.341 e. The highest BCUT2D eigenvalue weighted by Gasteiger charge is 2.13. The molecule has 0 spiro atoms. The molecule has 0 bridgehead atoms. The number of aldehydes is 1. The lowest BCUT2D eigenvalue weighted by Gasteiger charge is -1.99. The molecule has 0 saturated heterocycles. The Balaban J connectivity index is 2.49. The predicted molar refractivity (Wildman–Crippen MR) is 56.5 cm³/mol. The van der Waals surface area contributed by atoms with Crippen LogP contribution in [-0.4, -0.2) is 28.5 Å². The van der Waals surface area contributed by atoms with Gasteiger partial charge in [0.1, 0.15) is 5.56 Å². The van der Waals surface area contributed by atoms with Crippen molar-refractivity contribution >= 4 is 17.8 Å². The predicted octanol–water partition coefficient (Wildman–Crippen LogP) is 1.32. The lowest BCUT2D eigenvalue weighted by Crippen LogP contribution is -2.04. The van der Waals surface area contributed by atoms with Crippen molar-refractivity contribution in [2.24, 2.45) is 0 Å². The summed E-state index contributed by atoms with van der Waals surface area (Å²) >= 11 is 0. The Bertz CT molecular complexity index is 545. The molecule has 82 valence electrons. The third-order valence-corrected chi connectivity index (χ3v) is 2.17. The smallest absolute Gasteiger partial charge is 0.341 e. The van der Waals surface area contributed by atoms with E-state index in [0.717, 1.165) is 6.29 Å². The Labute approximate surface area is 91.6 Å². The molecule has 2 rings (SSSR count). The Morgan fingerprint density at radius 2 is 2.38 bits per heavy atom. The lowest BCUT2D eigenvalue weighted by atomic mass is 10.2. The molecule has 2 heterocycles. The number of carbonyl (C=O) groups is 2. The highest BCUT2D eigenvalue weighted by molar-refractivity contribution is 5.97. The number of aromatic nitrogens is 2. The fourth-order valence-corrected chi connectivity index (χ4v) is 1.44. The minimum atomic E-state index is -0.406. The SMILES string of the molecule is CCOC(=O)c1cnn2cc(C=O)ccc12. The number of esters is 1. The fraction of sp³-hybridized carbons (Fsp3) is 0.182. The van der Waals surface area contributed by atoms with Crippen LogP contribution in [-0.2, 0) is 4.74 Å². The van der Waals surface area contributed by atoms with Gasteiger partial charge < -0.3 is 4.74 Å². The van der Waals surface area contributed by atoms with Gasteiger partial charge in [-0.15, -0.1) is 0 Å². The third-order valence-electron chi connectivity index (χ3n) is 2.17. The molecule has 0 aliphatic carbocycles. The highest BCUT2D eigenvalue weighted by Crippen LogP contribution is 2.12. The van der Waals surface area contributed by atoms with Crippen molar-refractivity contribution in [2.75, 3.05) is 6.61 Å². The summed E-state index contributed by atoms with van der Waals surface area (Å²) in [7, 11) is 0. The normalized spacial score (nSPS) is 10.3. The molecule has 0 aliphatic heterocycles. The van der Waals surface area contributed by atoms with Crippen LogP contribution >= 0.6 is 0 Å². The summed E-state index contributed by atoms with van der Waals surface area (Å²) in [4.78, 5) is 22.1. The van der Waals surface area contributed by atoms with Gasteiger partial charge in [0, 0.05) is 11.8 Å². The van der Waals surface area contributed by atoms with Crippen LogP contribution in [0, 0.1) is 0 Å². The molecule has 0 amide bonds. The van der Waals surface area contributed by atoms with Crippen LogP contribution < -0.4 is 0 Å². The molecule has 2 aromatic heterocycles. The van der Waals surface area contributed by atoms with Crippen molar-refractivity contribution < 1.29 is 14.3 Å². The van der Waals surface area contributed by atoms with Gasteiger partial charge in [-0.3, -0.25) is 4.79 Å². The summed E-state index contributed by atoms with van der Waals surface area (Å²) in [5.41, 5.74) is 1.54. The van der Waals surface area contributed by atoms with Crippen LogP contribution in [0.3, 0.4) is 0 Å². The number of nitrogens with zero attached hydrogens (tertiary/aromatic N) is 2. The standard InChI is InChI=1S/C11H10N2O3/c1-2-16-11(15)9-5-12-13-6-8(7-14)3-4-10(9)13/h3-7H,2H2,1H3. The van der Waals surface area contributed by atoms with E-state index in [2.05, 4.69) is 5.10 Å². The van der Waals surface area contributed by atoms with Crippen molar-refractivity contribution in [1.29, 1.82) is 0 Å². The molecule has 5 nitrogen and oxygen atoms in total. The van der Waals surface area contributed by atoms with E-state index in [1.54, 1.807) is 25.3 Å². The van der Waals surface area contributed by atoms with Crippen molar-refractivity contribution in [1.82, 2.24) is 9.61 Å². The van der Waals surface area contributed by atoms with Crippen LogP contribution in [0.15, 0.2) is 24.5 Å². The molecule has 16 heavy (non-hydrogen) atoms. The number of carbonyl (C=O) groups excluding carboxylic acids is 2. The van der Waals surface area contributed by atoms with Gasteiger partial charge >= 0.3 is 5.97 Å². The Kier molecular flexibility index (Phi) is 2.68. The summed E-state index contributed by atoms with van der Waals surface area (Å²) in [5, 5.41) is 3.99. The monoisotopic (exact) mass is 218 g/mol. The molecule has 0 N–H and O–H groups in total. The van der Waals surface area contributed by atoms with E-state index in [-0.39, 0.29) is 0 Å². The minimum absolute atomic E-state index is 0.322. The van der Waals surface area contributed by atoms with Crippen molar-refractivity contribution in [3.8, 4) is 0 Å². The number of hydrogen-bond donors (Lipinski definition) is 0. The quantitative estimate of drug-likeness (QED) is 0.576. The molecule has 0 radical (unpaired) electrons. The zero-order valence-corrected chi connectivity index (χ0v) is 8.71. The van der Waals surface area contributed by atoms with E-state index in [9.17, 15) is 9.59 Å². The van der Waals surface area contributed by atoms with Crippen LogP contribution in [0.25, 0.3) is 5.52 Å². The minimum Gasteiger partial charge on any atom is -0.462 e. The Morgan fingerprint density at radius 1 is 1.56 bits per heavy atom. The highest BCUT2D eigenvalue weighted by atomic mass is 16.5. The maximum atomic E-state index is 11.5. The van der Waals surface area contributed by atoms with E-state index in [1.807, 2.05) is 0 Å². The molecule has 0 unspecified atom stereocenters. The lowest BCUT2D eigenvalue weighted by molar-refractivity contribution is 0.0528. The number of hydrogen-bond acceptors (Lipinski definition) is 4. The van der Waals surface area contributed by atoms with Crippen LogP contribution in [0.2, 0.25) is 0 Å². The molecule has 5 heteroatoms. The van der Waals surface area contributed by atoms with Crippen molar-refractivity contribution in [2.45, 2.75) is 6.92 Å². The van der Waals surface area contributed by atoms with E-state index in [0.29, 0.717) is 23.3 Å². The van der Waals surface area contributed by atoms with Gasteiger partial charge in [0.25, 0.3) is 0 Å². The number of rotatable bonds is 3. The first-order chi connectivity index (χ1) is 7.76. The maximum absolute atomic E-state index is 11.5. The molecular weight excluding hydrogens is 208 g/mol. The molecule has 0 saturated carbocycles. The second-order valence-electron chi connectivity index (χ2n) is 3.19. The van der Waals surface area contributed by atoms with E-state index >= 15 is 0 Å². The van der Waals surface area contributed by atoms with E-state index in [1.165, 1.54) is 10.7 Å². The zero-order valence-electron chi connectivity index (χ0n) is 8.71. The second-order valence-corrected chi connectivity index (χ2v) is 3.19. The van der Waals surface area contributed by atoms with Gasteiger partial charge in [0.2, 0.25) is 0 Å². The average molecular weight is 218 g/mol. The second kappa shape index (κ2) is 4.14. The van der Waals surface area contributed by atoms with Crippen LogP contribution in [0.1, 0.15) is 27.6 Å². The van der Waals surface area contributed by atoms with Gasteiger partial charge in [-0.25, -0.2) is 9.31 Å². The Morgan fingerprint density at radius 3 is 3.06 bits per heavy atom. The van der Waals surface area contributed by atoms with Crippen molar-refractivity contribution in [3.05, 3.63) is 35.7 Å². The van der Waals surface area contributed by atoms with Gasteiger partial charge in [-0.2, -0.15) is 5.10 Å². The Hall–Kier alpha value is -2.17. The molecule has 0 atom stereocenters. The number of fused-ring (bicyclic) bond motifs is 1. The van der Waals surface area contributed by atoms with Gasteiger partial charge in [0.15, 0.2) is 6.29 Å². The molecule has 0 aliphatic rings. The molecule has 0 aromatic carbocycles. The molecule has 0 fully saturated rings. The average Bonchev–Trinajstić information content (AvgIpc) is 2.71. The topological polar surface area (TPSA) is 60.7 Å². The zero-order chi connectivity index (χ0) is 11.5. The molecule has 2 aromatic rings. The summed E-state index contributed by atoms with van der Waals surface area (Å²) in [5.74, 6) is -0.406. The molecular formula is C11H10N2O3. The fourth-order valence-electron chi connectivity index (χ4n) is 1.44. The first kappa shape index (κ1) is 10.4. The summed E-state index contributed by atoms with van der Waals surface area (Å²) in [6.07, 6.45) is 3.72. The van der Waals surface area contributed by atoms with Gasteiger partial charge in [-0.1, -0.05) is 0 Å². The summed E-state index contributed by atoms with van der Waals surface area (Å²) in [6, 6.07) is 3.30. The largest absolute Gasteiger partial charge is 0.462 e. The van der Waals surface area contributed by atoms with E-state index in [4.69, 9.17) is 4.74 Å². The van der Waals surface area contributed by atoms with Gasteiger partial charge in [-0.05, 0) is 19.1 Å². The summed E-state index contributed by atoms with van der Waals surface area (Å²) < 4.78 is 6.37. The van der Waals surface area contributed by atoms with Gasteiger partial charge in [0.05, 0.1) is 18.3 Å². The first-order valence-corrected chi connectivity index (χ1v) is 4.86. The van der Waals surface area contributed by atoms with Crippen LogP contribution in [0.4, 0.5) is 0 Å². The first-order valence-electron chi connectivity index (χ1n) is 4.86. The number of ether oxygens (including phenoxy) is 1. The third kappa shape index (κ3) is 1.67. The van der Waals surface area contributed by atoms with Crippen LogP contribution in [0.5, 0.6) is 0 Å².